The van der Waals surface area contributed by atoms with Crippen molar-refractivity contribution < 1.29 is 22.7 Å². The second-order valence-corrected chi connectivity index (χ2v) is 8.10. The number of amides is 1. The van der Waals surface area contributed by atoms with Gasteiger partial charge in [-0.25, -0.2) is 17.9 Å². The summed E-state index contributed by atoms with van der Waals surface area (Å²) in [7, 11) is -3.64. The third kappa shape index (κ3) is 5.40. The Morgan fingerprint density at radius 2 is 2.04 bits per heavy atom. The van der Waals surface area contributed by atoms with Gasteiger partial charge in [-0.05, 0) is 43.0 Å². The highest BCUT2D eigenvalue weighted by Crippen LogP contribution is 2.16. The molecule has 0 aromatic heterocycles. The second-order valence-electron chi connectivity index (χ2n) is 6.33. The summed E-state index contributed by atoms with van der Waals surface area (Å²) in [6.07, 6.45) is 3.49. The summed E-state index contributed by atoms with van der Waals surface area (Å²) in [5.41, 5.74) is 0.187. The normalized spacial score (nSPS) is 17.6. The summed E-state index contributed by atoms with van der Waals surface area (Å²) >= 11 is 0. The smallest absolute Gasteiger partial charge is 0.338 e. The van der Waals surface area contributed by atoms with Crippen molar-refractivity contribution in [1.82, 2.24) is 9.62 Å². The lowest BCUT2D eigenvalue weighted by Gasteiger charge is -2.30. The highest BCUT2D eigenvalue weighted by Gasteiger charge is 2.22. The molecule has 0 saturated carbocycles. The Morgan fingerprint density at radius 3 is 2.65 bits per heavy atom. The van der Waals surface area contributed by atoms with Crippen LogP contribution in [0, 0.1) is 5.92 Å². The van der Waals surface area contributed by atoms with Crippen molar-refractivity contribution >= 4 is 21.9 Å². The molecule has 1 amide bonds. The molecule has 142 valence electrons. The Morgan fingerprint density at radius 1 is 1.35 bits per heavy atom. The van der Waals surface area contributed by atoms with Crippen LogP contribution in [0.25, 0.3) is 0 Å². The molecule has 1 aromatic rings. The van der Waals surface area contributed by atoms with Crippen LogP contribution >= 0.6 is 0 Å². The number of ether oxygens (including phenoxy) is 1. The number of hydrogen-bond donors (Lipinski definition) is 1. The minimum Gasteiger partial charge on any atom is -0.452 e. The number of carbonyl (C=O) groups is 2. The van der Waals surface area contributed by atoms with E-state index >= 15 is 0 Å². The molecule has 0 bridgehead atoms. The summed E-state index contributed by atoms with van der Waals surface area (Å²) < 4.78 is 31.3. The first kappa shape index (κ1) is 20.1. The predicted molar refractivity (Wildman–Crippen MR) is 97.1 cm³/mol. The minimum absolute atomic E-state index is 0.0364. The van der Waals surface area contributed by atoms with Crippen LogP contribution in [-0.2, 0) is 19.6 Å². The van der Waals surface area contributed by atoms with Gasteiger partial charge in [0.05, 0.1) is 10.5 Å². The van der Waals surface area contributed by atoms with Crippen LogP contribution in [0.15, 0.2) is 41.8 Å². The molecule has 0 aliphatic carbocycles. The maximum Gasteiger partial charge on any atom is 0.338 e. The molecule has 1 atom stereocenters. The fraction of sp³-hybridized carbons (Fsp3) is 0.444. The molecule has 8 heteroatoms. The van der Waals surface area contributed by atoms with Crippen LogP contribution in [0.3, 0.4) is 0 Å². The van der Waals surface area contributed by atoms with Gasteiger partial charge in [0.25, 0.3) is 5.91 Å². The molecule has 0 unspecified atom stereocenters. The summed E-state index contributed by atoms with van der Waals surface area (Å²) in [5, 5.41) is 0. The van der Waals surface area contributed by atoms with Crippen molar-refractivity contribution in [2.45, 2.75) is 24.7 Å². The number of esters is 1. The standard InChI is InChI=1S/C18H24N2O5S/c1-3-10-19-26(23,24)16-8-6-15(7-9-16)18(22)25-13-17(21)20-11-4-5-14(2)12-20/h3,6-9,14,19H,1,4-5,10-13H2,2H3/t14-/m0/s1. The van der Waals surface area contributed by atoms with Crippen LogP contribution in [0.5, 0.6) is 0 Å². The zero-order valence-corrected chi connectivity index (χ0v) is 15.6. The van der Waals surface area contributed by atoms with Gasteiger partial charge in [0.15, 0.2) is 6.61 Å². The number of likely N-dealkylation sites (tertiary alicyclic amines) is 1. The highest BCUT2D eigenvalue weighted by molar-refractivity contribution is 7.89. The van der Waals surface area contributed by atoms with Crippen LogP contribution in [0.1, 0.15) is 30.1 Å². The number of rotatable bonds is 7. The van der Waals surface area contributed by atoms with E-state index in [1.165, 1.54) is 30.3 Å². The van der Waals surface area contributed by atoms with E-state index < -0.39 is 16.0 Å². The molecule has 0 spiro atoms. The maximum atomic E-state index is 12.1. The van der Waals surface area contributed by atoms with E-state index in [-0.39, 0.29) is 29.5 Å². The summed E-state index contributed by atoms with van der Waals surface area (Å²) in [6, 6.07) is 5.35. The number of carbonyl (C=O) groups excluding carboxylic acids is 2. The van der Waals surface area contributed by atoms with Gasteiger partial charge in [-0.1, -0.05) is 13.0 Å². The molecule has 1 N–H and O–H groups in total. The first-order chi connectivity index (χ1) is 12.3. The van der Waals surface area contributed by atoms with Gasteiger partial charge in [-0.15, -0.1) is 6.58 Å². The largest absolute Gasteiger partial charge is 0.452 e. The van der Waals surface area contributed by atoms with Crippen molar-refractivity contribution in [3.63, 3.8) is 0 Å². The molecule has 1 aliphatic heterocycles. The fourth-order valence-corrected chi connectivity index (χ4v) is 3.74. The number of hydrogen-bond acceptors (Lipinski definition) is 5. The molecule has 2 rings (SSSR count). The van der Waals surface area contributed by atoms with Crippen molar-refractivity contribution in [1.29, 1.82) is 0 Å². The monoisotopic (exact) mass is 380 g/mol. The van der Waals surface area contributed by atoms with Crippen molar-refractivity contribution in [2.24, 2.45) is 5.92 Å². The number of benzene rings is 1. The third-order valence-electron chi connectivity index (χ3n) is 4.15. The van der Waals surface area contributed by atoms with Crippen molar-refractivity contribution in [3.8, 4) is 0 Å². The van der Waals surface area contributed by atoms with Gasteiger partial charge in [-0.3, -0.25) is 4.79 Å². The van der Waals surface area contributed by atoms with Crippen LogP contribution < -0.4 is 4.72 Å². The third-order valence-corrected chi connectivity index (χ3v) is 5.59. The zero-order valence-electron chi connectivity index (χ0n) is 14.8. The van der Waals surface area contributed by atoms with E-state index in [1.54, 1.807) is 4.90 Å². The molecular weight excluding hydrogens is 356 g/mol. The molecular formula is C18H24N2O5S. The number of nitrogens with zero attached hydrogens (tertiary/aromatic N) is 1. The van der Waals surface area contributed by atoms with Crippen molar-refractivity contribution in [3.05, 3.63) is 42.5 Å². The summed E-state index contributed by atoms with van der Waals surface area (Å²) in [4.78, 5) is 25.9. The van der Waals surface area contributed by atoms with Crippen LogP contribution in [-0.4, -0.2) is 51.4 Å². The number of nitrogens with one attached hydrogen (secondary N) is 1. The lowest BCUT2D eigenvalue weighted by Crippen LogP contribution is -2.41. The van der Waals surface area contributed by atoms with E-state index in [0.717, 1.165) is 12.8 Å². The van der Waals surface area contributed by atoms with E-state index in [9.17, 15) is 18.0 Å². The summed E-state index contributed by atoms with van der Waals surface area (Å²) in [6.45, 7) is 6.70. The van der Waals surface area contributed by atoms with Gasteiger partial charge in [-0.2, -0.15) is 0 Å². The Bertz CT molecular complexity index is 758. The van der Waals surface area contributed by atoms with Gasteiger partial charge in [0.2, 0.25) is 10.0 Å². The quantitative estimate of drug-likeness (QED) is 0.572. The Kier molecular flexibility index (Phi) is 6.93. The Labute approximate surface area is 154 Å². The predicted octanol–water partition coefficient (Wildman–Crippen LogP) is 1.57. The molecule has 1 aromatic carbocycles. The Hall–Kier alpha value is -2.19. The van der Waals surface area contributed by atoms with Crippen LogP contribution in [0.2, 0.25) is 0 Å². The van der Waals surface area contributed by atoms with E-state index in [0.29, 0.717) is 19.0 Å². The van der Waals surface area contributed by atoms with E-state index in [2.05, 4.69) is 18.2 Å². The van der Waals surface area contributed by atoms with Crippen molar-refractivity contribution in [2.75, 3.05) is 26.2 Å². The first-order valence-corrected chi connectivity index (χ1v) is 9.97. The highest BCUT2D eigenvalue weighted by atomic mass is 32.2. The number of piperidine rings is 1. The van der Waals surface area contributed by atoms with Crippen LogP contribution in [0.4, 0.5) is 0 Å². The maximum absolute atomic E-state index is 12.1. The van der Waals surface area contributed by atoms with Gasteiger partial charge < -0.3 is 9.64 Å². The molecule has 26 heavy (non-hydrogen) atoms. The van der Waals surface area contributed by atoms with E-state index in [1.807, 2.05) is 0 Å². The lowest BCUT2D eigenvalue weighted by molar-refractivity contribution is -0.136. The topological polar surface area (TPSA) is 92.8 Å². The second kappa shape index (κ2) is 8.95. The Balaban J connectivity index is 1.91. The minimum atomic E-state index is -3.64. The van der Waals surface area contributed by atoms with Gasteiger partial charge in [0, 0.05) is 19.6 Å². The lowest BCUT2D eigenvalue weighted by atomic mass is 10.0. The van der Waals surface area contributed by atoms with Gasteiger partial charge in [0.1, 0.15) is 0 Å². The molecule has 1 aliphatic rings. The van der Waals surface area contributed by atoms with E-state index in [4.69, 9.17) is 4.74 Å². The first-order valence-electron chi connectivity index (χ1n) is 8.49. The average Bonchev–Trinajstić information content (AvgIpc) is 2.64. The zero-order chi connectivity index (χ0) is 19.2. The average molecular weight is 380 g/mol. The summed E-state index contributed by atoms with van der Waals surface area (Å²) in [5.74, 6) is -0.420. The fourth-order valence-electron chi connectivity index (χ4n) is 2.74. The number of sulfonamides is 1. The molecule has 1 fully saturated rings. The molecule has 7 nitrogen and oxygen atoms in total. The molecule has 1 heterocycles. The molecule has 1 saturated heterocycles. The van der Waals surface area contributed by atoms with Gasteiger partial charge >= 0.3 is 5.97 Å². The SMILES string of the molecule is C=CCNS(=O)(=O)c1ccc(C(=O)OCC(=O)N2CCC[C@H](C)C2)cc1. The molecule has 0 radical (unpaired) electrons.